The number of thioether (sulfide) groups is 1. The second-order valence-corrected chi connectivity index (χ2v) is 7.56. The molecule has 0 saturated carbocycles. The molecule has 1 aliphatic heterocycles. The van der Waals surface area contributed by atoms with Gasteiger partial charge in [0.1, 0.15) is 11.5 Å². The van der Waals surface area contributed by atoms with Crippen LogP contribution in [-0.2, 0) is 0 Å². The van der Waals surface area contributed by atoms with Crippen LogP contribution in [0.15, 0.2) is 76.2 Å². The highest BCUT2D eigenvalue weighted by molar-refractivity contribution is 7.99. The summed E-state index contributed by atoms with van der Waals surface area (Å²) in [6.07, 6.45) is 6.94. The minimum atomic E-state index is -1.34. The lowest BCUT2D eigenvalue weighted by Crippen LogP contribution is -2.35. The summed E-state index contributed by atoms with van der Waals surface area (Å²) in [5.74, 6) is 1.27. The molecule has 0 bridgehead atoms. The first kappa shape index (κ1) is 16.4. The molecule has 0 radical (unpaired) electrons. The fraction of sp³-hybridized carbons (Fsp3) is 0.286. The third-order valence-corrected chi connectivity index (χ3v) is 5.89. The van der Waals surface area contributed by atoms with Gasteiger partial charge in [-0.25, -0.2) is 4.39 Å². The van der Waals surface area contributed by atoms with Crippen molar-refractivity contribution in [2.45, 2.75) is 23.4 Å². The molecule has 4 rings (SSSR count). The van der Waals surface area contributed by atoms with E-state index in [4.69, 9.17) is 0 Å². The number of alkyl halides is 1. The number of nitrogens with zero attached hydrogens (tertiary/aromatic N) is 1. The van der Waals surface area contributed by atoms with Crippen molar-refractivity contribution < 1.29 is 4.39 Å². The van der Waals surface area contributed by atoms with E-state index in [2.05, 4.69) is 34.6 Å². The Hall–Kier alpha value is -2.07. The van der Waals surface area contributed by atoms with Crippen molar-refractivity contribution in [2.24, 2.45) is 4.99 Å². The molecule has 25 heavy (non-hydrogen) atoms. The van der Waals surface area contributed by atoms with E-state index >= 15 is 4.39 Å². The highest BCUT2D eigenvalue weighted by Gasteiger charge is 2.31. The maximum absolute atomic E-state index is 15.4. The summed E-state index contributed by atoms with van der Waals surface area (Å²) in [6, 6.07) is 14.5. The molecule has 1 heterocycles. The third kappa shape index (κ3) is 3.64. The minimum Gasteiger partial charge on any atom is -0.370 e. The zero-order valence-electron chi connectivity index (χ0n) is 14.0. The van der Waals surface area contributed by atoms with E-state index < -0.39 is 5.67 Å². The van der Waals surface area contributed by atoms with Gasteiger partial charge in [-0.3, -0.25) is 4.99 Å². The van der Waals surface area contributed by atoms with E-state index in [1.807, 2.05) is 30.4 Å². The van der Waals surface area contributed by atoms with Gasteiger partial charge < -0.3 is 5.32 Å². The van der Waals surface area contributed by atoms with Gasteiger partial charge in [0.2, 0.25) is 0 Å². The summed E-state index contributed by atoms with van der Waals surface area (Å²) in [6.45, 7) is 1.75. The van der Waals surface area contributed by atoms with Gasteiger partial charge in [-0.05, 0) is 34.9 Å². The Morgan fingerprint density at radius 2 is 2.04 bits per heavy atom. The average molecular weight is 352 g/mol. The second-order valence-electron chi connectivity index (χ2n) is 6.54. The lowest BCUT2D eigenvalue weighted by molar-refractivity contribution is 0.263. The third-order valence-electron chi connectivity index (χ3n) is 4.60. The summed E-state index contributed by atoms with van der Waals surface area (Å²) < 4.78 is 15.4. The number of aliphatic imine (C=N–C) groups is 1. The molecule has 1 aliphatic carbocycles. The van der Waals surface area contributed by atoms with E-state index in [0.29, 0.717) is 12.2 Å². The van der Waals surface area contributed by atoms with Gasteiger partial charge in [-0.15, -0.1) is 11.8 Å². The second kappa shape index (κ2) is 7.04. The fourth-order valence-corrected chi connectivity index (χ4v) is 4.41. The van der Waals surface area contributed by atoms with Crippen LogP contribution in [0.2, 0.25) is 0 Å². The number of fused-ring (bicyclic) bond motifs is 1. The monoisotopic (exact) mass is 352 g/mol. The van der Waals surface area contributed by atoms with Gasteiger partial charge in [0, 0.05) is 30.2 Å². The van der Waals surface area contributed by atoms with Crippen molar-refractivity contribution in [1.82, 2.24) is 5.32 Å². The molecule has 4 heteroatoms. The van der Waals surface area contributed by atoms with Crippen molar-refractivity contribution in [1.29, 1.82) is 0 Å². The molecule has 1 atom stereocenters. The van der Waals surface area contributed by atoms with Crippen molar-refractivity contribution in [2.75, 3.05) is 18.8 Å². The molecule has 0 spiro atoms. The molecule has 2 aromatic carbocycles. The lowest BCUT2D eigenvalue weighted by Gasteiger charge is -2.27. The summed E-state index contributed by atoms with van der Waals surface area (Å²) >= 11 is 1.59. The van der Waals surface area contributed by atoms with E-state index in [-0.39, 0.29) is 0 Å². The topological polar surface area (TPSA) is 24.4 Å². The van der Waals surface area contributed by atoms with Gasteiger partial charge in [0.15, 0.2) is 0 Å². The molecule has 0 aromatic heterocycles. The summed E-state index contributed by atoms with van der Waals surface area (Å²) in [5.41, 5.74) is -0.365. The van der Waals surface area contributed by atoms with Crippen LogP contribution in [0.1, 0.15) is 12.8 Å². The van der Waals surface area contributed by atoms with Crippen molar-refractivity contribution >= 4 is 28.4 Å². The zero-order chi connectivity index (χ0) is 17.1. The predicted octanol–water partition coefficient (Wildman–Crippen LogP) is 4.92. The minimum absolute atomic E-state index is 0.382. The molecule has 1 unspecified atom stereocenters. The van der Waals surface area contributed by atoms with E-state index in [9.17, 15) is 0 Å². The van der Waals surface area contributed by atoms with Crippen LogP contribution in [0.4, 0.5) is 4.39 Å². The van der Waals surface area contributed by atoms with E-state index in [0.717, 1.165) is 35.8 Å². The van der Waals surface area contributed by atoms with Crippen LogP contribution in [-0.4, -0.2) is 30.3 Å². The average Bonchev–Trinajstić information content (AvgIpc) is 2.67. The number of allylic oxidation sites excluding steroid dienone is 3. The Morgan fingerprint density at radius 3 is 2.92 bits per heavy atom. The Bertz CT molecular complexity index is 866. The van der Waals surface area contributed by atoms with E-state index in [1.165, 1.54) is 10.8 Å². The number of benzene rings is 2. The van der Waals surface area contributed by atoms with Gasteiger partial charge >= 0.3 is 0 Å². The molecular weight excluding hydrogens is 331 g/mol. The van der Waals surface area contributed by atoms with Crippen LogP contribution in [0, 0.1) is 0 Å². The number of halogens is 1. The zero-order valence-corrected chi connectivity index (χ0v) is 14.9. The molecule has 1 N–H and O–H groups in total. The largest absolute Gasteiger partial charge is 0.370 e. The van der Waals surface area contributed by atoms with Crippen LogP contribution in [0.3, 0.4) is 0 Å². The van der Waals surface area contributed by atoms with Gasteiger partial charge in [0.25, 0.3) is 0 Å². The molecule has 128 valence electrons. The molecular formula is C21H21FN2S. The van der Waals surface area contributed by atoms with Gasteiger partial charge in [-0.1, -0.05) is 48.6 Å². The maximum Gasteiger partial charge on any atom is 0.142 e. The Kier molecular flexibility index (Phi) is 4.62. The summed E-state index contributed by atoms with van der Waals surface area (Å²) in [4.78, 5) is 5.64. The number of hydrogen-bond acceptors (Lipinski definition) is 3. The number of amidine groups is 1. The van der Waals surface area contributed by atoms with Crippen molar-refractivity contribution in [3.05, 3.63) is 66.3 Å². The SMILES string of the molecule is FC1(CSc2cccc3ccccc23)C=CC=C(C2=NCCCN2)C1. The maximum atomic E-state index is 15.4. The van der Waals surface area contributed by atoms with Crippen LogP contribution < -0.4 is 5.32 Å². The quantitative estimate of drug-likeness (QED) is 0.790. The van der Waals surface area contributed by atoms with Crippen LogP contribution >= 0.6 is 11.8 Å². The highest BCUT2D eigenvalue weighted by Crippen LogP contribution is 2.36. The first-order chi connectivity index (χ1) is 12.2. The van der Waals surface area contributed by atoms with Crippen LogP contribution in [0.5, 0.6) is 0 Å². The normalized spacial score (nSPS) is 23.1. The molecule has 0 fully saturated rings. The smallest absolute Gasteiger partial charge is 0.142 e. The van der Waals surface area contributed by atoms with E-state index in [1.54, 1.807) is 17.8 Å². The molecule has 2 aliphatic rings. The fourth-order valence-electron chi connectivity index (χ4n) is 3.30. The molecule has 2 aromatic rings. The Morgan fingerprint density at radius 1 is 1.16 bits per heavy atom. The van der Waals surface area contributed by atoms with Crippen molar-refractivity contribution in [3.63, 3.8) is 0 Å². The standard InChI is InChI=1S/C21H21FN2S/c22-21(11-4-8-17(14-21)20-23-12-5-13-24-20)15-25-19-10-3-7-16-6-1-2-9-18(16)19/h1-4,6-11H,5,12-15H2,(H,23,24). The van der Waals surface area contributed by atoms with Gasteiger partial charge in [-0.2, -0.15) is 0 Å². The predicted molar refractivity (Wildman–Crippen MR) is 105 cm³/mol. The summed E-state index contributed by atoms with van der Waals surface area (Å²) in [5, 5.41) is 5.68. The Labute approximate surface area is 151 Å². The van der Waals surface area contributed by atoms with Crippen molar-refractivity contribution in [3.8, 4) is 0 Å². The lowest BCUT2D eigenvalue weighted by atomic mass is 9.92. The van der Waals surface area contributed by atoms with Crippen LogP contribution in [0.25, 0.3) is 10.8 Å². The highest BCUT2D eigenvalue weighted by atomic mass is 32.2. The van der Waals surface area contributed by atoms with Gasteiger partial charge in [0.05, 0.1) is 0 Å². The number of hydrogen-bond donors (Lipinski definition) is 1. The first-order valence-corrected chi connectivity index (χ1v) is 9.69. The first-order valence-electron chi connectivity index (χ1n) is 8.70. The Balaban J connectivity index is 1.50. The molecule has 0 amide bonds. The number of nitrogens with one attached hydrogen (secondary N) is 1. The summed E-state index contributed by atoms with van der Waals surface area (Å²) in [7, 11) is 0. The number of rotatable bonds is 4. The molecule has 0 saturated heterocycles. The molecule has 2 nitrogen and oxygen atoms in total.